The molecule has 1 heterocycles. The van der Waals surface area contributed by atoms with E-state index in [-0.39, 0.29) is 17.9 Å². The lowest BCUT2D eigenvalue weighted by molar-refractivity contribution is -0.141. The Hall–Kier alpha value is -2.17. The van der Waals surface area contributed by atoms with Crippen molar-refractivity contribution >= 4 is 17.8 Å². The van der Waals surface area contributed by atoms with Crippen molar-refractivity contribution in [3.8, 4) is 0 Å². The fourth-order valence-electron chi connectivity index (χ4n) is 3.12. The smallest absolute Gasteiger partial charge is 0.306 e. The van der Waals surface area contributed by atoms with Gasteiger partial charge in [0.1, 0.15) is 0 Å². The summed E-state index contributed by atoms with van der Waals surface area (Å²) >= 11 is 0. The second-order valence-electron chi connectivity index (χ2n) is 5.53. The summed E-state index contributed by atoms with van der Waals surface area (Å²) in [5.74, 6) is -1.88. The van der Waals surface area contributed by atoms with Gasteiger partial charge in [-0.2, -0.15) is 0 Å². The Morgan fingerprint density at radius 3 is 2.55 bits per heavy atom. The van der Waals surface area contributed by atoms with Crippen LogP contribution in [0.25, 0.3) is 0 Å². The molecule has 5 heteroatoms. The molecule has 0 bridgehead atoms. The minimum absolute atomic E-state index is 0.287. The second kappa shape index (κ2) is 4.44. The van der Waals surface area contributed by atoms with E-state index < -0.39 is 11.9 Å². The van der Waals surface area contributed by atoms with Crippen LogP contribution in [0.3, 0.4) is 0 Å². The maximum atomic E-state index is 12.4. The van der Waals surface area contributed by atoms with Crippen LogP contribution in [0.4, 0.5) is 0 Å². The van der Waals surface area contributed by atoms with Crippen molar-refractivity contribution in [2.45, 2.75) is 32.2 Å². The predicted octanol–water partition coefficient (Wildman–Crippen LogP) is 1.84. The number of fused-ring (bicyclic) bond motifs is 1. The average molecular weight is 273 g/mol. The number of rotatable bonds is 2. The SMILES string of the molecule is Cc1ccc2c(c1)C(=O)N([C@H]1CC[C@@H](C(=O)O)C1)C2=O. The number of imide groups is 1. The number of amides is 2. The summed E-state index contributed by atoms with van der Waals surface area (Å²) in [6, 6.07) is 4.92. The monoisotopic (exact) mass is 273 g/mol. The van der Waals surface area contributed by atoms with Crippen molar-refractivity contribution in [3.63, 3.8) is 0 Å². The Kier molecular flexibility index (Phi) is 2.85. The summed E-state index contributed by atoms with van der Waals surface area (Å²) in [4.78, 5) is 37.0. The third-order valence-corrected chi connectivity index (χ3v) is 4.19. The van der Waals surface area contributed by atoms with Gasteiger partial charge in [-0.15, -0.1) is 0 Å². The maximum Gasteiger partial charge on any atom is 0.306 e. The highest BCUT2D eigenvalue weighted by molar-refractivity contribution is 6.21. The van der Waals surface area contributed by atoms with Crippen molar-refractivity contribution in [1.29, 1.82) is 0 Å². The predicted molar refractivity (Wildman–Crippen MR) is 70.4 cm³/mol. The van der Waals surface area contributed by atoms with E-state index in [1.165, 1.54) is 4.90 Å². The minimum atomic E-state index is -0.847. The fourth-order valence-corrected chi connectivity index (χ4v) is 3.12. The van der Waals surface area contributed by atoms with Gasteiger partial charge >= 0.3 is 5.97 Å². The molecule has 1 N–H and O–H groups in total. The topological polar surface area (TPSA) is 74.7 Å². The third-order valence-electron chi connectivity index (χ3n) is 4.19. The number of aryl methyl sites for hydroxylation is 1. The molecule has 0 radical (unpaired) electrons. The molecule has 20 heavy (non-hydrogen) atoms. The molecular formula is C15H15NO4. The molecule has 1 aromatic rings. The molecule has 0 spiro atoms. The molecule has 1 fully saturated rings. The number of aliphatic carboxylic acids is 1. The standard InChI is InChI=1S/C15H15NO4/c1-8-2-5-11-12(6-8)14(18)16(13(11)17)10-4-3-9(7-10)15(19)20/h2,5-6,9-10H,3-4,7H2,1H3,(H,19,20)/t9-,10+/m1/s1. The first-order chi connectivity index (χ1) is 9.49. The molecular weight excluding hydrogens is 258 g/mol. The molecule has 1 aromatic carbocycles. The van der Waals surface area contributed by atoms with E-state index in [2.05, 4.69) is 0 Å². The minimum Gasteiger partial charge on any atom is -0.481 e. The van der Waals surface area contributed by atoms with Crippen LogP contribution in [-0.4, -0.2) is 33.8 Å². The van der Waals surface area contributed by atoms with E-state index in [9.17, 15) is 14.4 Å². The number of carboxylic acids is 1. The second-order valence-corrected chi connectivity index (χ2v) is 5.53. The Morgan fingerprint density at radius 2 is 1.90 bits per heavy atom. The summed E-state index contributed by atoms with van der Waals surface area (Å²) in [5, 5.41) is 9.03. The summed E-state index contributed by atoms with van der Waals surface area (Å²) in [5.41, 5.74) is 1.80. The number of hydrogen-bond donors (Lipinski definition) is 1. The van der Waals surface area contributed by atoms with Crippen molar-refractivity contribution in [1.82, 2.24) is 4.90 Å². The highest BCUT2D eigenvalue weighted by Gasteiger charge is 2.43. The zero-order valence-electron chi connectivity index (χ0n) is 11.1. The zero-order valence-corrected chi connectivity index (χ0v) is 11.1. The molecule has 104 valence electrons. The van der Waals surface area contributed by atoms with Crippen molar-refractivity contribution < 1.29 is 19.5 Å². The van der Waals surface area contributed by atoms with Crippen LogP contribution in [0, 0.1) is 12.8 Å². The molecule has 1 aliphatic carbocycles. The van der Waals surface area contributed by atoms with Crippen LogP contribution in [0.2, 0.25) is 0 Å². The first-order valence-corrected chi connectivity index (χ1v) is 6.70. The highest BCUT2D eigenvalue weighted by Crippen LogP contribution is 2.34. The maximum absolute atomic E-state index is 12.4. The molecule has 0 saturated heterocycles. The molecule has 3 rings (SSSR count). The zero-order chi connectivity index (χ0) is 14.4. The van der Waals surface area contributed by atoms with Gasteiger partial charge in [0.15, 0.2) is 0 Å². The van der Waals surface area contributed by atoms with Crippen molar-refractivity contribution in [3.05, 3.63) is 34.9 Å². The largest absolute Gasteiger partial charge is 0.481 e. The first-order valence-electron chi connectivity index (χ1n) is 6.70. The molecule has 0 aromatic heterocycles. The van der Waals surface area contributed by atoms with Crippen molar-refractivity contribution in [2.24, 2.45) is 5.92 Å². The van der Waals surface area contributed by atoms with Gasteiger partial charge in [-0.25, -0.2) is 0 Å². The lowest BCUT2D eigenvalue weighted by Gasteiger charge is -2.21. The van der Waals surface area contributed by atoms with Crippen LogP contribution < -0.4 is 0 Å². The Morgan fingerprint density at radius 1 is 1.20 bits per heavy atom. The summed E-state index contributed by atoms with van der Waals surface area (Å²) < 4.78 is 0. The van der Waals surface area contributed by atoms with E-state index in [0.29, 0.717) is 30.4 Å². The van der Waals surface area contributed by atoms with E-state index in [0.717, 1.165) is 5.56 Å². The van der Waals surface area contributed by atoms with E-state index in [1.54, 1.807) is 12.1 Å². The van der Waals surface area contributed by atoms with Crippen LogP contribution in [0.5, 0.6) is 0 Å². The van der Waals surface area contributed by atoms with E-state index in [4.69, 9.17) is 5.11 Å². The van der Waals surface area contributed by atoms with E-state index in [1.807, 2.05) is 13.0 Å². The lowest BCUT2D eigenvalue weighted by Crippen LogP contribution is -2.38. The Bertz CT molecular complexity index is 622. The molecule has 2 aliphatic rings. The molecule has 2 amide bonds. The van der Waals surface area contributed by atoms with Crippen LogP contribution in [0.1, 0.15) is 45.5 Å². The van der Waals surface area contributed by atoms with Gasteiger partial charge in [-0.1, -0.05) is 11.6 Å². The number of carbonyl (C=O) groups excluding carboxylic acids is 2. The summed E-state index contributed by atoms with van der Waals surface area (Å²) in [6.45, 7) is 1.87. The third kappa shape index (κ3) is 1.81. The number of carboxylic acid groups (broad SMARTS) is 1. The average Bonchev–Trinajstić information content (AvgIpc) is 2.95. The van der Waals surface area contributed by atoms with E-state index >= 15 is 0 Å². The molecule has 1 saturated carbocycles. The normalized spacial score (nSPS) is 25.1. The van der Waals surface area contributed by atoms with Gasteiger partial charge in [-0.3, -0.25) is 19.3 Å². The quantitative estimate of drug-likeness (QED) is 0.834. The Labute approximate surface area is 116 Å². The van der Waals surface area contributed by atoms with Gasteiger partial charge in [0.05, 0.1) is 17.0 Å². The number of carbonyl (C=O) groups is 3. The first kappa shape index (κ1) is 12.8. The Balaban J connectivity index is 1.89. The van der Waals surface area contributed by atoms with Gasteiger partial charge in [-0.05, 0) is 38.3 Å². The van der Waals surface area contributed by atoms with Gasteiger partial charge < -0.3 is 5.11 Å². The highest BCUT2D eigenvalue weighted by atomic mass is 16.4. The molecule has 0 unspecified atom stereocenters. The summed E-state index contributed by atoms with van der Waals surface area (Å²) in [6.07, 6.45) is 1.45. The molecule has 1 aliphatic heterocycles. The van der Waals surface area contributed by atoms with Crippen LogP contribution in [0.15, 0.2) is 18.2 Å². The van der Waals surface area contributed by atoms with Gasteiger partial charge in [0.2, 0.25) is 0 Å². The molecule has 2 atom stereocenters. The van der Waals surface area contributed by atoms with Gasteiger partial charge in [0, 0.05) is 6.04 Å². The van der Waals surface area contributed by atoms with Gasteiger partial charge in [0.25, 0.3) is 11.8 Å². The lowest BCUT2D eigenvalue weighted by atomic mass is 10.1. The van der Waals surface area contributed by atoms with Crippen LogP contribution >= 0.6 is 0 Å². The van der Waals surface area contributed by atoms with Crippen molar-refractivity contribution in [2.75, 3.05) is 0 Å². The molecule has 5 nitrogen and oxygen atoms in total. The number of benzene rings is 1. The van der Waals surface area contributed by atoms with Crippen LogP contribution in [-0.2, 0) is 4.79 Å². The number of nitrogens with zero attached hydrogens (tertiary/aromatic N) is 1. The fraction of sp³-hybridized carbons (Fsp3) is 0.400. The number of hydrogen-bond acceptors (Lipinski definition) is 3. The summed E-state index contributed by atoms with van der Waals surface area (Å²) in [7, 11) is 0.